The summed E-state index contributed by atoms with van der Waals surface area (Å²) in [4.78, 5) is 12.1. The molecule has 100 valence electrons. The van der Waals surface area contributed by atoms with Crippen LogP contribution in [0.15, 0.2) is 42.2 Å². The van der Waals surface area contributed by atoms with Crippen molar-refractivity contribution in [1.82, 2.24) is 0 Å². The first-order valence-electron chi connectivity index (χ1n) is 5.84. The van der Waals surface area contributed by atoms with Crippen molar-refractivity contribution in [1.29, 1.82) is 0 Å². The number of aromatic hydroxyl groups is 3. The first kappa shape index (κ1) is 12.1. The molecular weight excluding hydrogens is 260 g/mol. The Morgan fingerprint density at radius 2 is 1.85 bits per heavy atom. The molecule has 2 aromatic carbocycles. The average molecular weight is 270 g/mol. The van der Waals surface area contributed by atoms with E-state index in [1.165, 1.54) is 30.3 Å². The second-order valence-corrected chi connectivity index (χ2v) is 4.34. The smallest absolute Gasteiger partial charge is 0.232 e. The molecule has 1 heterocycles. The lowest BCUT2D eigenvalue weighted by Crippen LogP contribution is -1.97. The van der Waals surface area contributed by atoms with Gasteiger partial charge in [0.15, 0.2) is 17.3 Å². The topological polar surface area (TPSA) is 87.0 Å². The number of phenolic OH excluding ortho intramolecular Hbond substituents is 3. The van der Waals surface area contributed by atoms with Gasteiger partial charge in [-0.05, 0) is 35.9 Å². The molecule has 0 radical (unpaired) electrons. The Morgan fingerprint density at radius 3 is 2.60 bits per heavy atom. The minimum Gasteiger partial charge on any atom is -0.508 e. The summed E-state index contributed by atoms with van der Waals surface area (Å²) in [6.45, 7) is 0. The predicted molar refractivity (Wildman–Crippen MR) is 70.8 cm³/mol. The molecule has 0 bridgehead atoms. The zero-order chi connectivity index (χ0) is 14.3. The van der Waals surface area contributed by atoms with Crippen LogP contribution in [0.2, 0.25) is 0 Å². The van der Waals surface area contributed by atoms with Crippen molar-refractivity contribution in [3.8, 4) is 23.0 Å². The molecule has 2 aromatic rings. The summed E-state index contributed by atoms with van der Waals surface area (Å²) < 4.78 is 5.29. The highest BCUT2D eigenvalue weighted by Crippen LogP contribution is 2.44. The zero-order valence-electron chi connectivity index (χ0n) is 10.2. The number of hydrogen-bond donors (Lipinski definition) is 3. The Morgan fingerprint density at radius 1 is 1.05 bits per heavy atom. The highest BCUT2D eigenvalue weighted by Gasteiger charge is 2.31. The maximum Gasteiger partial charge on any atom is 0.232 e. The van der Waals surface area contributed by atoms with Crippen molar-refractivity contribution in [3.05, 3.63) is 53.3 Å². The van der Waals surface area contributed by atoms with E-state index in [-0.39, 0.29) is 28.6 Å². The Kier molecular flexibility index (Phi) is 2.61. The molecule has 20 heavy (non-hydrogen) atoms. The Labute approximate surface area is 114 Å². The van der Waals surface area contributed by atoms with E-state index in [0.717, 1.165) is 0 Å². The van der Waals surface area contributed by atoms with Crippen molar-refractivity contribution in [2.75, 3.05) is 0 Å². The number of hydrogen-bond acceptors (Lipinski definition) is 5. The third-order valence-corrected chi connectivity index (χ3v) is 2.96. The molecule has 5 heteroatoms. The molecule has 0 aromatic heterocycles. The fraction of sp³-hybridized carbons (Fsp3) is 0. The Bertz CT molecular complexity index is 746. The fourth-order valence-corrected chi connectivity index (χ4v) is 1.99. The maximum absolute atomic E-state index is 12.1. The van der Waals surface area contributed by atoms with E-state index in [9.17, 15) is 20.1 Å². The van der Waals surface area contributed by atoms with Crippen LogP contribution in [0.4, 0.5) is 0 Å². The highest BCUT2D eigenvalue weighted by molar-refractivity contribution is 6.15. The molecule has 1 aliphatic heterocycles. The summed E-state index contributed by atoms with van der Waals surface area (Å²) in [7, 11) is 0. The maximum atomic E-state index is 12.1. The van der Waals surface area contributed by atoms with Gasteiger partial charge in [-0.25, -0.2) is 0 Å². The van der Waals surface area contributed by atoms with Gasteiger partial charge in [-0.1, -0.05) is 12.1 Å². The van der Waals surface area contributed by atoms with E-state index in [0.29, 0.717) is 5.56 Å². The van der Waals surface area contributed by atoms with Crippen LogP contribution < -0.4 is 4.74 Å². The predicted octanol–water partition coefficient (Wildman–Crippen LogP) is 2.42. The molecule has 0 saturated carbocycles. The van der Waals surface area contributed by atoms with Gasteiger partial charge in [0.1, 0.15) is 5.75 Å². The van der Waals surface area contributed by atoms with E-state index in [2.05, 4.69) is 0 Å². The summed E-state index contributed by atoms with van der Waals surface area (Å²) >= 11 is 0. The SMILES string of the molecule is O=C1C(=Cc2cccc(O)c2)Oc2c1ccc(O)c2O. The number of carbonyl (C=O) groups excluding carboxylic acids is 1. The van der Waals surface area contributed by atoms with Crippen LogP contribution >= 0.6 is 0 Å². The quantitative estimate of drug-likeness (QED) is 0.547. The number of Topliss-reactive ketones (excluding diaryl/α,β-unsaturated/α-hetero) is 1. The molecular formula is C15H10O5. The lowest BCUT2D eigenvalue weighted by atomic mass is 10.1. The molecule has 0 fully saturated rings. The van der Waals surface area contributed by atoms with Crippen LogP contribution in [0, 0.1) is 0 Å². The second-order valence-electron chi connectivity index (χ2n) is 4.34. The number of allylic oxidation sites excluding steroid dienone is 1. The third-order valence-electron chi connectivity index (χ3n) is 2.96. The molecule has 0 atom stereocenters. The zero-order valence-corrected chi connectivity index (χ0v) is 10.2. The summed E-state index contributed by atoms with van der Waals surface area (Å²) in [6, 6.07) is 8.94. The van der Waals surface area contributed by atoms with Crippen molar-refractivity contribution < 1.29 is 24.9 Å². The van der Waals surface area contributed by atoms with Gasteiger partial charge in [-0.3, -0.25) is 4.79 Å². The molecule has 1 aliphatic rings. The van der Waals surface area contributed by atoms with Gasteiger partial charge in [0.05, 0.1) is 5.56 Å². The van der Waals surface area contributed by atoms with Gasteiger partial charge in [0, 0.05) is 0 Å². The lowest BCUT2D eigenvalue weighted by Gasteiger charge is -2.02. The van der Waals surface area contributed by atoms with Crippen molar-refractivity contribution in [2.24, 2.45) is 0 Å². The van der Waals surface area contributed by atoms with Gasteiger partial charge >= 0.3 is 0 Å². The lowest BCUT2D eigenvalue weighted by molar-refractivity contribution is 0.101. The van der Waals surface area contributed by atoms with Gasteiger partial charge < -0.3 is 20.1 Å². The molecule has 0 unspecified atom stereocenters. The van der Waals surface area contributed by atoms with Gasteiger partial charge in [-0.15, -0.1) is 0 Å². The number of phenols is 3. The van der Waals surface area contributed by atoms with E-state index < -0.39 is 11.5 Å². The second kappa shape index (κ2) is 4.31. The highest BCUT2D eigenvalue weighted by atomic mass is 16.5. The van der Waals surface area contributed by atoms with E-state index in [1.807, 2.05) is 0 Å². The average Bonchev–Trinajstić information content (AvgIpc) is 2.72. The van der Waals surface area contributed by atoms with Gasteiger partial charge in [0.25, 0.3) is 0 Å². The largest absolute Gasteiger partial charge is 0.508 e. The molecule has 3 rings (SSSR count). The first-order chi connectivity index (χ1) is 9.56. The van der Waals surface area contributed by atoms with Crippen LogP contribution in [0.1, 0.15) is 15.9 Å². The van der Waals surface area contributed by atoms with Crippen LogP contribution in [0.25, 0.3) is 6.08 Å². The number of benzene rings is 2. The normalized spacial score (nSPS) is 15.2. The van der Waals surface area contributed by atoms with Crippen LogP contribution in [-0.4, -0.2) is 21.1 Å². The molecule has 5 nitrogen and oxygen atoms in total. The Hall–Kier alpha value is -2.95. The number of ketones is 1. The molecule has 3 N–H and O–H groups in total. The number of fused-ring (bicyclic) bond motifs is 1. The minimum absolute atomic E-state index is 0.0199. The summed E-state index contributed by atoms with van der Waals surface area (Å²) in [5.74, 6) is -1.17. The van der Waals surface area contributed by atoms with Crippen LogP contribution in [0.3, 0.4) is 0 Å². The van der Waals surface area contributed by atoms with Gasteiger partial charge in [0.2, 0.25) is 11.5 Å². The fourth-order valence-electron chi connectivity index (χ4n) is 1.99. The third kappa shape index (κ3) is 1.85. The summed E-state index contributed by atoms with van der Waals surface area (Å²) in [5.41, 5.74) is 0.775. The van der Waals surface area contributed by atoms with E-state index >= 15 is 0 Å². The number of rotatable bonds is 1. The number of ether oxygens (including phenoxy) is 1. The summed E-state index contributed by atoms with van der Waals surface area (Å²) in [5, 5.41) is 28.4. The molecule has 0 saturated heterocycles. The number of carbonyl (C=O) groups is 1. The standard InChI is InChI=1S/C15H10O5/c16-9-3-1-2-8(6-9)7-12-13(18)10-4-5-11(17)14(19)15(10)20-12/h1-7,16-17,19H. The van der Waals surface area contributed by atoms with Crippen molar-refractivity contribution in [3.63, 3.8) is 0 Å². The summed E-state index contributed by atoms with van der Waals surface area (Å²) in [6.07, 6.45) is 1.46. The van der Waals surface area contributed by atoms with Crippen LogP contribution in [0.5, 0.6) is 23.0 Å². The first-order valence-corrected chi connectivity index (χ1v) is 5.84. The molecule has 0 spiro atoms. The van der Waals surface area contributed by atoms with Crippen molar-refractivity contribution >= 4 is 11.9 Å². The Balaban J connectivity index is 2.04. The minimum atomic E-state index is -0.463. The van der Waals surface area contributed by atoms with Crippen molar-refractivity contribution in [2.45, 2.75) is 0 Å². The van der Waals surface area contributed by atoms with E-state index in [4.69, 9.17) is 4.74 Å². The van der Waals surface area contributed by atoms with Crippen LogP contribution in [-0.2, 0) is 0 Å². The molecule has 0 amide bonds. The van der Waals surface area contributed by atoms with E-state index in [1.54, 1.807) is 12.1 Å². The molecule has 0 aliphatic carbocycles. The van der Waals surface area contributed by atoms with Gasteiger partial charge in [-0.2, -0.15) is 0 Å². The monoisotopic (exact) mass is 270 g/mol.